The predicted molar refractivity (Wildman–Crippen MR) is 78.7 cm³/mol. The summed E-state index contributed by atoms with van der Waals surface area (Å²) in [5.41, 5.74) is 2.52. The number of rotatable bonds is 3. The number of hydrogen-bond acceptors (Lipinski definition) is 3. The summed E-state index contributed by atoms with van der Waals surface area (Å²) in [5, 5.41) is 6.85. The van der Waals surface area contributed by atoms with Crippen LogP contribution >= 0.6 is 0 Å². The summed E-state index contributed by atoms with van der Waals surface area (Å²) in [5.74, 6) is 1.08. The van der Waals surface area contributed by atoms with E-state index < -0.39 is 6.36 Å². The maximum Gasteiger partial charge on any atom is 0.573 e. The summed E-state index contributed by atoms with van der Waals surface area (Å²) in [6.45, 7) is 1.81. The third kappa shape index (κ3) is 3.68. The molecule has 118 valence electrons. The van der Waals surface area contributed by atoms with E-state index in [1.807, 2.05) is 31.2 Å². The smallest absolute Gasteiger partial charge is 0.406 e. The molecule has 0 amide bonds. The quantitative estimate of drug-likeness (QED) is 0.781. The van der Waals surface area contributed by atoms with E-state index in [-0.39, 0.29) is 5.75 Å². The van der Waals surface area contributed by atoms with Crippen LogP contribution in [0.2, 0.25) is 0 Å². The highest BCUT2D eigenvalue weighted by atomic mass is 19.4. The van der Waals surface area contributed by atoms with Gasteiger partial charge in [-0.2, -0.15) is 5.10 Å². The molecule has 0 unspecified atom stereocenters. The maximum atomic E-state index is 12.1. The summed E-state index contributed by atoms with van der Waals surface area (Å²) in [6, 6.07) is 13.2. The van der Waals surface area contributed by atoms with Crippen molar-refractivity contribution in [3.63, 3.8) is 0 Å². The third-order valence-electron chi connectivity index (χ3n) is 3.16. The molecule has 1 heterocycles. The number of aromatic amines is 1. The second-order valence-electron chi connectivity index (χ2n) is 4.89. The normalized spacial score (nSPS) is 11.5. The number of H-pyrrole nitrogens is 1. The first-order valence-corrected chi connectivity index (χ1v) is 6.76. The van der Waals surface area contributed by atoms with Crippen LogP contribution in [0, 0.1) is 6.92 Å². The standard InChI is InChI=1S/C16H12F3N3O/c1-10-20-15(22-21-10)13-4-2-11(3-5-13)12-6-8-14(9-7-12)23-16(17,18)19/h2-9H,1H3,(H,20,21,22). The molecular formula is C16H12F3N3O. The highest BCUT2D eigenvalue weighted by molar-refractivity contribution is 5.68. The van der Waals surface area contributed by atoms with Crippen LogP contribution in [0.15, 0.2) is 48.5 Å². The first-order valence-electron chi connectivity index (χ1n) is 6.76. The molecule has 0 fully saturated rings. The van der Waals surface area contributed by atoms with Crippen molar-refractivity contribution >= 4 is 0 Å². The second-order valence-corrected chi connectivity index (χ2v) is 4.89. The van der Waals surface area contributed by atoms with Gasteiger partial charge in [0.15, 0.2) is 5.82 Å². The first-order chi connectivity index (χ1) is 10.9. The molecule has 2 aromatic carbocycles. The summed E-state index contributed by atoms with van der Waals surface area (Å²) in [4.78, 5) is 4.24. The topological polar surface area (TPSA) is 50.8 Å². The number of nitrogens with zero attached hydrogens (tertiary/aromatic N) is 2. The van der Waals surface area contributed by atoms with Gasteiger partial charge in [0.2, 0.25) is 0 Å². The Morgan fingerprint density at radius 3 is 1.87 bits per heavy atom. The van der Waals surface area contributed by atoms with Crippen molar-refractivity contribution < 1.29 is 17.9 Å². The Bertz CT molecular complexity index is 793. The zero-order valence-corrected chi connectivity index (χ0v) is 12.1. The fourth-order valence-corrected chi connectivity index (χ4v) is 2.13. The average Bonchev–Trinajstić information content (AvgIpc) is 2.93. The Labute approximate surface area is 130 Å². The van der Waals surface area contributed by atoms with E-state index in [4.69, 9.17) is 0 Å². The van der Waals surface area contributed by atoms with Crippen molar-refractivity contribution in [2.75, 3.05) is 0 Å². The van der Waals surface area contributed by atoms with E-state index in [1.165, 1.54) is 12.1 Å². The minimum absolute atomic E-state index is 0.242. The third-order valence-corrected chi connectivity index (χ3v) is 3.16. The van der Waals surface area contributed by atoms with Gasteiger partial charge in [0.05, 0.1) is 0 Å². The summed E-state index contributed by atoms with van der Waals surface area (Å²) in [7, 11) is 0. The lowest BCUT2D eigenvalue weighted by Crippen LogP contribution is -2.16. The summed E-state index contributed by atoms with van der Waals surface area (Å²) in [6.07, 6.45) is -4.68. The van der Waals surface area contributed by atoms with E-state index in [9.17, 15) is 13.2 Å². The van der Waals surface area contributed by atoms with Crippen LogP contribution in [0.5, 0.6) is 5.75 Å². The molecule has 1 N–H and O–H groups in total. The largest absolute Gasteiger partial charge is 0.573 e. The lowest BCUT2D eigenvalue weighted by molar-refractivity contribution is -0.274. The molecule has 7 heteroatoms. The van der Waals surface area contributed by atoms with Crippen molar-refractivity contribution in [1.82, 2.24) is 15.2 Å². The Morgan fingerprint density at radius 1 is 0.870 bits per heavy atom. The zero-order chi connectivity index (χ0) is 16.4. The number of alkyl halides is 3. The van der Waals surface area contributed by atoms with Gasteiger partial charge < -0.3 is 4.74 Å². The highest BCUT2D eigenvalue weighted by Gasteiger charge is 2.30. The Kier molecular flexibility index (Phi) is 3.77. The van der Waals surface area contributed by atoms with Crippen LogP contribution in [0.4, 0.5) is 13.2 Å². The van der Waals surface area contributed by atoms with Crippen molar-refractivity contribution in [3.05, 3.63) is 54.4 Å². The van der Waals surface area contributed by atoms with Gasteiger partial charge in [-0.1, -0.05) is 36.4 Å². The molecule has 0 spiro atoms. The van der Waals surface area contributed by atoms with Crippen LogP contribution in [-0.2, 0) is 0 Å². The van der Waals surface area contributed by atoms with E-state index in [1.54, 1.807) is 12.1 Å². The number of halogens is 3. The minimum Gasteiger partial charge on any atom is -0.406 e. The summed E-state index contributed by atoms with van der Waals surface area (Å²) < 4.78 is 40.3. The molecule has 4 nitrogen and oxygen atoms in total. The van der Waals surface area contributed by atoms with Gasteiger partial charge in [0.25, 0.3) is 0 Å². The minimum atomic E-state index is -4.68. The van der Waals surface area contributed by atoms with Gasteiger partial charge in [-0.3, -0.25) is 5.10 Å². The molecule has 0 bridgehead atoms. The highest BCUT2D eigenvalue weighted by Crippen LogP contribution is 2.27. The van der Waals surface area contributed by atoms with Crippen LogP contribution in [-0.4, -0.2) is 21.5 Å². The first kappa shape index (κ1) is 15.1. The number of aryl methyl sites for hydroxylation is 1. The van der Waals surface area contributed by atoms with Crippen molar-refractivity contribution in [2.24, 2.45) is 0 Å². The number of nitrogens with one attached hydrogen (secondary N) is 1. The molecule has 0 saturated carbocycles. The maximum absolute atomic E-state index is 12.1. The molecule has 0 atom stereocenters. The molecule has 3 rings (SSSR count). The van der Waals surface area contributed by atoms with Crippen LogP contribution < -0.4 is 4.74 Å². The lowest BCUT2D eigenvalue weighted by Gasteiger charge is -2.09. The molecule has 0 radical (unpaired) electrons. The average molecular weight is 319 g/mol. The van der Waals surface area contributed by atoms with Crippen molar-refractivity contribution in [1.29, 1.82) is 0 Å². The van der Waals surface area contributed by atoms with Gasteiger partial charge in [0, 0.05) is 5.56 Å². The van der Waals surface area contributed by atoms with Crippen molar-refractivity contribution in [2.45, 2.75) is 13.3 Å². The monoisotopic (exact) mass is 319 g/mol. The molecule has 3 aromatic rings. The van der Waals surface area contributed by atoms with Gasteiger partial charge in [-0.25, -0.2) is 4.98 Å². The molecular weight excluding hydrogens is 307 g/mol. The van der Waals surface area contributed by atoms with Crippen molar-refractivity contribution in [3.8, 4) is 28.3 Å². The fraction of sp³-hybridized carbons (Fsp3) is 0.125. The number of benzene rings is 2. The number of aromatic nitrogens is 3. The summed E-state index contributed by atoms with van der Waals surface area (Å²) >= 11 is 0. The fourth-order valence-electron chi connectivity index (χ4n) is 2.13. The van der Waals surface area contributed by atoms with E-state index >= 15 is 0 Å². The Morgan fingerprint density at radius 2 is 1.39 bits per heavy atom. The molecule has 0 aliphatic carbocycles. The Balaban J connectivity index is 1.79. The van der Waals surface area contributed by atoms with Crippen LogP contribution in [0.3, 0.4) is 0 Å². The second kappa shape index (κ2) is 5.75. The molecule has 23 heavy (non-hydrogen) atoms. The molecule has 0 aliphatic rings. The molecule has 1 aromatic heterocycles. The van der Waals surface area contributed by atoms with Crippen LogP contribution in [0.1, 0.15) is 5.82 Å². The number of hydrogen-bond donors (Lipinski definition) is 1. The van der Waals surface area contributed by atoms with Gasteiger partial charge in [0.1, 0.15) is 11.6 Å². The predicted octanol–water partition coefficient (Wildman–Crippen LogP) is 4.35. The SMILES string of the molecule is Cc1nc(-c2ccc(-c3ccc(OC(F)(F)F)cc3)cc2)n[nH]1. The van der Waals surface area contributed by atoms with Gasteiger partial charge in [-0.05, 0) is 30.2 Å². The zero-order valence-electron chi connectivity index (χ0n) is 12.1. The van der Waals surface area contributed by atoms with Crippen LogP contribution in [0.25, 0.3) is 22.5 Å². The van der Waals surface area contributed by atoms with E-state index in [0.29, 0.717) is 5.82 Å². The number of ether oxygens (including phenoxy) is 1. The molecule has 0 aliphatic heterocycles. The van der Waals surface area contributed by atoms with E-state index in [0.717, 1.165) is 22.5 Å². The van der Waals surface area contributed by atoms with Gasteiger partial charge >= 0.3 is 6.36 Å². The lowest BCUT2D eigenvalue weighted by atomic mass is 10.0. The van der Waals surface area contributed by atoms with Gasteiger partial charge in [-0.15, -0.1) is 13.2 Å². The van der Waals surface area contributed by atoms with E-state index in [2.05, 4.69) is 19.9 Å². The Hall–Kier alpha value is -2.83. The molecule has 0 saturated heterocycles.